The molecule has 28 heavy (non-hydrogen) atoms. The Morgan fingerprint density at radius 3 is 1.75 bits per heavy atom. The standard InChI is InChI=1S/C19H11F4N3O2/c20-13-3-1-11(8-15(13)22)25-18(27)10-5-6-24-17(7-10)19(28)26-12-2-4-14(21)16(23)9-12/h1-9H,(H,25,27)(H,26,28). The molecule has 0 spiro atoms. The van der Waals surface area contributed by atoms with Gasteiger partial charge in [0.25, 0.3) is 11.8 Å². The van der Waals surface area contributed by atoms with Gasteiger partial charge >= 0.3 is 0 Å². The minimum absolute atomic E-state index is 0.00217. The lowest BCUT2D eigenvalue weighted by atomic mass is 10.2. The third-order valence-electron chi connectivity index (χ3n) is 3.61. The van der Waals surface area contributed by atoms with E-state index in [0.717, 1.165) is 36.4 Å². The molecule has 2 aromatic carbocycles. The number of nitrogens with zero attached hydrogens (tertiary/aromatic N) is 1. The van der Waals surface area contributed by atoms with Crippen LogP contribution in [0.3, 0.4) is 0 Å². The van der Waals surface area contributed by atoms with Gasteiger partial charge in [-0.25, -0.2) is 17.6 Å². The van der Waals surface area contributed by atoms with Crippen molar-refractivity contribution in [3.8, 4) is 0 Å². The molecule has 0 unspecified atom stereocenters. The van der Waals surface area contributed by atoms with Crippen LogP contribution in [0.4, 0.5) is 28.9 Å². The zero-order chi connectivity index (χ0) is 20.3. The molecule has 0 atom stereocenters. The first-order chi connectivity index (χ1) is 13.3. The summed E-state index contributed by atoms with van der Waals surface area (Å²) >= 11 is 0. The molecule has 3 rings (SSSR count). The largest absolute Gasteiger partial charge is 0.322 e. The van der Waals surface area contributed by atoms with Crippen molar-refractivity contribution in [2.75, 3.05) is 10.6 Å². The molecule has 0 saturated heterocycles. The van der Waals surface area contributed by atoms with E-state index in [1.54, 1.807) is 0 Å². The number of rotatable bonds is 4. The number of anilines is 2. The molecule has 2 amide bonds. The summed E-state index contributed by atoms with van der Waals surface area (Å²) < 4.78 is 52.3. The average molecular weight is 389 g/mol. The lowest BCUT2D eigenvalue weighted by molar-refractivity contribution is 0.102. The summed E-state index contributed by atoms with van der Waals surface area (Å²) in [5.74, 6) is -5.82. The molecule has 1 heterocycles. The van der Waals surface area contributed by atoms with E-state index in [2.05, 4.69) is 15.6 Å². The molecule has 2 N–H and O–H groups in total. The van der Waals surface area contributed by atoms with E-state index in [0.29, 0.717) is 0 Å². The monoisotopic (exact) mass is 389 g/mol. The maximum absolute atomic E-state index is 13.2. The molecule has 0 bridgehead atoms. The zero-order valence-electron chi connectivity index (χ0n) is 14.0. The summed E-state index contributed by atoms with van der Waals surface area (Å²) in [7, 11) is 0. The number of nitrogens with one attached hydrogen (secondary N) is 2. The fourth-order valence-corrected chi connectivity index (χ4v) is 2.24. The molecule has 5 nitrogen and oxygen atoms in total. The lowest BCUT2D eigenvalue weighted by Crippen LogP contribution is -2.17. The number of benzene rings is 2. The summed E-state index contributed by atoms with van der Waals surface area (Å²) in [4.78, 5) is 28.3. The van der Waals surface area contributed by atoms with E-state index in [4.69, 9.17) is 0 Å². The van der Waals surface area contributed by atoms with E-state index in [9.17, 15) is 27.2 Å². The van der Waals surface area contributed by atoms with Crippen LogP contribution in [0.2, 0.25) is 0 Å². The molecule has 3 aromatic rings. The Morgan fingerprint density at radius 2 is 1.21 bits per heavy atom. The first-order valence-electron chi connectivity index (χ1n) is 7.82. The van der Waals surface area contributed by atoms with Gasteiger partial charge in [0.2, 0.25) is 0 Å². The van der Waals surface area contributed by atoms with Crippen LogP contribution in [0, 0.1) is 23.3 Å². The van der Waals surface area contributed by atoms with Crippen LogP contribution in [0.15, 0.2) is 54.7 Å². The maximum atomic E-state index is 13.2. The first kappa shape index (κ1) is 19.0. The Morgan fingerprint density at radius 1 is 0.679 bits per heavy atom. The van der Waals surface area contributed by atoms with Gasteiger partial charge in [-0.1, -0.05) is 0 Å². The van der Waals surface area contributed by atoms with E-state index in [1.807, 2.05) is 0 Å². The van der Waals surface area contributed by atoms with E-state index in [1.165, 1.54) is 18.3 Å². The van der Waals surface area contributed by atoms with Gasteiger partial charge in [0.05, 0.1) is 0 Å². The predicted molar refractivity (Wildman–Crippen MR) is 92.9 cm³/mol. The third-order valence-corrected chi connectivity index (χ3v) is 3.61. The van der Waals surface area contributed by atoms with Gasteiger partial charge in [-0.2, -0.15) is 0 Å². The van der Waals surface area contributed by atoms with Crippen molar-refractivity contribution < 1.29 is 27.2 Å². The Hall–Kier alpha value is -3.75. The van der Waals surface area contributed by atoms with Crippen LogP contribution in [0.25, 0.3) is 0 Å². The highest BCUT2D eigenvalue weighted by atomic mass is 19.2. The van der Waals surface area contributed by atoms with Crippen molar-refractivity contribution in [2.24, 2.45) is 0 Å². The number of carbonyl (C=O) groups is 2. The number of hydrogen-bond donors (Lipinski definition) is 2. The van der Waals surface area contributed by atoms with Gasteiger partial charge in [0.15, 0.2) is 23.3 Å². The molecule has 1 aromatic heterocycles. The minimum Gasteiger partial charge on any atom is -0.322 e. The number of aromatic nitrogens is 1. The van der Waals surface area contributed by atoms with Gasteiger partial charge in [0.1, 0.15) is 5.69 Å². The summed E-state index contributed by atoms with van der Waals surface area (Å²) in [6, 6.07) is 8.12. The minimum atomic E-state index is -1.13. The van der Waals surface area contributed by atoms with Crippen LogP contribution in [-0.2, 0) is 0 Å². The second-order valence-electron chi connectivity index (χ2n) is 5.60. The smallest absolute Gasteiger partial charge is 0.274 e. The van der Waals surface area contributed by atoms with Gasteiger partial charge in [-0.15, -0.1) is 0 Å². The Labute approximate surface area is 156 Å². The molecule has 9 heteroatoms. The number of amides is 2. The molecule has 142 valence electrons. The Balaban J connectivity index is 1.75. The van der Waals surface area contributed by atoms with Crippen LogP contribution in [0.5, 0.6) is 0 Å². The van der Waals surface area contributed by atoms with Crippen LogP contribution < -0.4 is 10.6 Å². The second-order valence-corrected chi connectivity index (χ2v) is 5.60. The fourth-order valence-electron chi connectivity index (χ4n) is 2.24. The zero-order valence-corrected chi connectivity index (χ0v) is 14.0. The van der Waals surface area contributed by atoms with Crippen molar-refractivity contribution in [2.45, 2.75) is 0 Å². The van der Waals surface area contributed by atoms with Crippen LogP contribution in [-0.4, -0.2) is 16.8 Å². The topological polar surface area (TPSA) is 71.1 Å². The highest BCUT2D eigenvalue weighted by molar-refractivity contribution is 6.07. The molecule has 0 saturated carbocycles. The SMILES string of the molecule is O=C(Nc1ccc(F)c(F)c1)c1ccnc(C(=O)Nc2ccc(F)c(F)c2)c1. The van der Waals surface area contributed by atoms with Crippen molar-refractivity contribution >= 4 is 23.2 Å². The van der Waals surface area contributed by atoms with Gasteiger partial charge in [-0.05, 0) is 36.4 Å². The molecule has 0 aliphatic rings. The maximum Gasteiger partial charge on any atom is 0.274 e. The summed E-state index contributed by atoms with van der Waals surface area (Å²) in [6.07, 6.45) is 1.19. The first-order valence-corrected chi connectivity index (χ1v) is 7.82. The van der Waals surface area contributed by atoms with Crippen molar-refractivity contribution in [1.29, 1.82) is 0 Å². The number of pyridine rings is 1. The van der Waals surface area contributed by atoms with Crippen LogP contribution in [0.1, 0.15) is 20.8 Å². The molecule has 0 fully saturated rings. The van der Waals surface area contributed by atoms with Crippen LogP contribution >= 0.6 is 0 Å². The van der Waals surface area contributed by atoms with E-state index < -0.39 is 35.1 Å². The molecular formula is C19H11F4N3O2. The molecule has 0 radical (unpaired) electrons. The summed E-state index contributed by atoms with van der Waals surface area (Å²) in [5.41, 5.74) is -0.117. The third kappa shape index (κ3) is 4.32. The highest BCUT2D eigenvalue weighted by Crippen LogP contribution is 2.16. The van der Waals surface area contributed by atoms with E-state index >= 15 is 0 Å². The molecule has 0 aliphatic carbocycles. The Kier molecular flexibility index (Phi) is 5.35. The summed E-state index contributed by atoms with van der Waals surface area (Å²) in [6.45, 7) is 0. The van der Waals surface area contributed by atoms with Crippen molar-refractivity contribution in [1.82, 2.24) is 4.98 Å². The van der Waals surface area contributed by atoms with E-state index in [-0.39, 0.29) is 22.6 Å². The number of hydrogen-bond acceptors (Lipinski definition) is 3. The Bertz CT molecular complexity index is 992. The second kappa shape index (κ2) is 7.87. The fraction of sp³-hybridized carbons (Fsp3) is 0. The number of carbonyl (C=O) groups excluding carboxylic acids is 2. The molecule has 0 aliphatic heterocycles. The highest BCUT2D eigenvalue weighted by Gasteiger charge is 2.14. The van der Waals surface area contributed by atoms with Crippen molar-refractivity contribution in [3.05, 3.63) is 89.3 Å². The normalized spacial score (nSPS) is 10.4. The van der Waals surface area contributed by atoms with Gasteiger partial charge < -0.3 is 10.6 Å². The van der Waals surface area contributed by atoms with Crippen molar-refractivity contribution in [3.63, 3.8) is 0 Å². The van der Waals surface area contributed by atoms with Gasteiger partial charge in [-0.3, -0.25) is 14.6 Å². The lowest BCUT2D eigenvalue weighted by Gasteiger charge is -2.08. The quantitative estimate of drug-likeness (QED) is 0.659. The predicted octanol–water partition coefficient (Wildman–Crippen LogP) is 4.14. The summed E-state index contributed by atoms with van der Waals surface area (Å²) in [5, 5.41) is 4.68. The molecular weight excluding hydrogens is 378 g/mol. The average Bonchev–Trinajstić information content (AvgIpc) is 2.67. The van der Waals surface area contributed by atoms with Gasteiger partial charge in [0, 0.05) is 35.3 Å². The number of halogens is 4.